The van der Waals surface area contributed by atoms with Crippen molar-refractivity contribution in [1.82, 2.24) is 9.55 Å². The van der Waals surface area contributed by atoms with Gasteiger partial charge in [-0.1, -0.05) is 19.8 Å². The van der Waals surface area contributed by atoms with E-state index in [1.807, 2.05) is 6.92 Å². The molecule has 0 spiro atoms. The van der Waals surface area contributed by atoms with Gasteiger partial charge >= 0.3 is 5.69 Å². The minimum Gasteiger partial charge on any atom is -0.394 e. The molecule has 1 fully saturated rings. The van der Waals surface area contributed by atoms with Crippen LogP contribution >= 0.6 is 0 Å². The molecule has 1 saturated heterocycles. The van der Waals surface area contributed by atoms with Crippen LogP contribution in [0.3, 0.4) is 0 Å². The summed E-state index contributed by atoms with van der Waals surface area (Å²) in [6, 6.07) is 1.41. The Morgan fingerprint density at radius 2 is 2.12 bits per heavy atom. The van der Waals surface area contributed by atoms with Gasteiger partial charge in [-0.05, 0) is 12.5 Å². The molecule has 1 aliphatic heterocycles. The predicted molar refractivity (Wildman–Crippen MR) is 84.3 cm³/mol. The summed E-state index contributed by atoms with van der Waals surface area (Å²) in [6.45, 7) is 1.56. The van der Waals surface area contributed by atoms with Crippen LogP contribution in [0.5, 0.6) is 0 Å². The zero-order valence-corrected chi connectivity index (χ0v) is 13.5. The second kappa shape index (κ2) is 8.34. The fourth-order valence-electron chi connectivity index (χ4n) is 2.53. The van der Waals surface area contributed by atoms with Crippen LogP contribution in [0, 0.1) is 0 Å². The lowest BCUT2D eigenvalue weighted by Gasteiger charge is -2.17. The highest BCUT2D eigenvalue weighted by molar-refractivity contribution is 5.89. The monoisotopic (exact) mass is 341 g/mol. The van der Waals surface area contributed by atoms with Crippen LogP contribution in [0.4, 0.5) is 5.82 Å². The summed E-state index contributed by atoms with van der Waals surface area (Å²) in [5.41, 5.74) is -0.740. The van der Waals surface area contributed by atoms with Crippen LogP contribution in [0.15, 0.2) is 17.1 Å². The summed E-state index contributed by atoms with van der Waals surface area (Å²) in [5, 5.41) is 31.3. The van der Waals surface area contributed by atoms with Gasteiger partial charge in [0.15, 0.2) is 6.23 Å². The summed E-state index contributed by atoms with van der Waals surface area (Å²) in [5.74, 6) is -0.106. The van der Waals surface area contributed by atoms with Crippen molar-refractivity contribution < 1.29 is 24.9 Å². The van der Waals surface area contributed by atoms with Crippen molar-refractivity contribution in [2.24, 2.45) is 0 Å². The number of carbonyl (C=O) groups is 1. The van der Waals surface area contributed by atoms with Crippen LogP contribution < -0.4 is 11.0 Å². The third kappa shape index (κ3) is 4.18. The van der Waals surface area contributed by atoms with Crippen LogP contribution in [0.1, 0.15) is 38.8 Å². The maximum Gasteiger partial charge on any atom is 0.351 e. The number of aliphatic hydroxyl groups excluding tert-OH is 3. The number of amides is 1. The predicted octanol–water partition coefficient (Wildman–Crippen LogP) is -0.626. The number of hydrogen-bond acceptors (Lipinski definition) is 7. The Bertz CT molecular complexity index is 619. The molecule has 9 heteroatoms. The molecule has 0 saturated carbocycles. The topological polar surface area (TPSA) is 134 Å². The van der Waals surface area contributed by atoms with Gasteiger partial charge in [-0.2, -0.15) is 4.98 Å². The molecule has 2 rings (SSSR count). The van der Waals surface area contributed by atoms with Crippen LogP contribution in [0.2, 0.25) is 0 Å². The summed E-state index contributed by atoms with van der Waals surface area (Å²) in [7, 11) is 0. The summed E-state index contributed by atoms with van der Waals surface area (Å²) >= 11 is 0. The van der Waals surface area contributed by atoms with Crippen molar-refractivity contribution in [3.8, 4) is 0 Å². The van der Waals surface area contributed by atoms with Crippen molar-refractivity contribution in [3.63, 3.8) is 0 Å². The molecule has 0 radical (unpaired) electrons. The highest BCUT2D eigenvalue weighted by Crippen LogP contribution is 2.28. The summed E-state index contributed by atoms with van der Waals surface area (Å²) in [4.78, 5) is 27.5. The Hall–Kier alpha value is -1.81. The molecule has 1 aromatic rings. The highest BCUT2D eigenvalue weighted by Gasteiger charge is 2.43. The Labute approximate surface area is 138 Å². The van der Waals surface area contributed by atoms with E-state index in [0.29, 0.717) is 6.42 Å². The highest BCUT2D eigenvalue weighted by atomic mass is 16.6. The second-order valence-electron chi connectivity index (χ2n) is 5.74. The number of nitrogens with zero attached hydrogens (tertiary/aromatic N) is 2. The number of hydrogen-bond donors (Lipinski definition) is 4. The van der Waals surface area contributed by atoms with Crippen LogP contribution in [-0.4, -0.2) is 55.7 Å². The van der Waals surface area contributed by atoms with E-state index in [1.54, 1.807) is 0 Å². The number of aliphatic hydroxyl groups is 3. The van der Waals surface area contributed by atoms with E-state index in [-0.39, 0.29) is 11.7 Å². The molecule has 0 aliphatic carbocycles. The minimum absolute atomic E-state index is 0.115. The molecule has 2 heterocycles. The minimum atomic E-state index is -1.36. The standard InChI is InChI=1S/C15H23N3O6/c1-2-3-4-5-11(20)16-10-6-7-18(15(23)17-10)14-13(22)12(21)9(8-19)24-14/h6-7,9,12-14,19,21-22H,2-5,8H2,1H3,(H,16,17,20,23)/t9-,12-,13+,14-/m1/s1. The molecule has 0 bridgehead atoms. The van der Waals surface area contributed by atoms with Crippen molar-refractivity contribution >= 4 is 11.7 Å². The molecular weight excluding hydrogens is 318 g/mol. The fraction of sp³-hybridized carbons (Fsp3) is 0.667. The first-order valence-corrected chi connectivity index (χ1v) is 7.99. The first kappa shape index (κ1) is 18.5. The number of anilines is 1. The van der Waals surface area contributed by atoms with Gasteiger partial charge in [0, 0.05) is 12.6 Å². The third-order valence-electron chi connectivity index (χ3n) is 3.90. The van der Waals surface area contributed by atoms with Crippen LogP contribution in [-0.2, 0) is 9.53 Å². The smallest absolute Gasteiger partial charge is 0.351 e. The number of ether oxygens (including phenoxy) is 1. The molecule has 134 valence electrons. The molecule has 4 atom stereocenters. The molecule has 1 aliphatic rings. The third-order valence-corrected chi connectivity index (χ3v) is 3.90. The number of unbranched alkanes of at least 4 members (excludes halogenated alkanes) is 2. The van der Waals surface area contributed by atoms with Crippen molar-refractivity contribution in [2.75, 3.05) is 11.9 Å². The van der Waals surface area contributed by atoms with E-state index >= 15 is 0 Å². The molecule has 4 N–H and O–H groups in total. The van der Waals surface area contributed by atoms with E-state index in [0.717, 1.165) is 23.8 Å². The molecule has 0 aromatic carbocycles. The Morgan fingerprint density at radius 1 is 1.38 bits per heavy atom. The maximum absolute atomic E-state index is 12.1. The van der Waals surface area contributed by atoms with Gasteiger partial charge in [0.1, 0.15) is 24.1 Å². The molecule has 1 amide bonds. The van der Waals surface area contributed by atoms with Gasteiger partial charge in [-0.25, -0.2) is 4.79 Å². The lowest BCUT2D eigenvalue weighted by atomic mass is 10.1. The van der Waals surface area contributed by atoms with Crippen LogP contribution in [0.25, 0.3) is 0 Å². The Kier molecular flexibility index (Phi) is 6.44. The van der Waals surface area contributed by atoms with E-state index in [9.17, 15) is 19.8 Å². The molecular formula is C15H23N3O6. The van der Waals surface area contributed by atoms with Gasteiger partial charge in [0.2, 0.25) is 5.91 Å². The Balaban J connectivity index is 2.05. The lowest BCUT2D eigenvalue weighted by molar-refractivity contribution is -0.116. The lowest BCUT2D eigenvalue weighted by Crippen LogP contribution is -2.36. The van der Waals surface area contributed by atoms with Gasteiger partial charge in [0.05, 0.1) is 6.61 Å². The largest absolute Gasteiger partial charge is 0.394 e. The zero-order valence-electron chi connectivity index (χ0n) is 13.5. The van der Waals surface area contributed by atoms with Gasteiger partial charge in [-0.15, -0.1) is 0 Å². The quantitative estimate of drug-likeness (QED) is 0.485. The fourth-order valence-corrected chi connectivity index (χ4v) is 2.53. The first-order chi connectivity index (χ1) is 11.5. The second-order valence-corrected chi connectivity index (χ2v) is 5.74. The number of carbonyl (C=O) groups excluding carboxylic acids is 1. The maximum atomic E-state index is 12.1. The summed E-state index contributed by atoms with van der Waals surface area (Å²) < 4.78 is 6.28. The van der Waals surface area contributed by atoms with Crippen molar-refractivity contribution in [2.45, 2.75) is 57.1 Å². The average molecular weight is 341 g/mol. The van der Waals surface area contributed by atoms with E-state index in [4.69, 9.17) is 9.84 Å². The summed E-state index contributed by atoms with van der Waals surface area (Å²) in [6.07, 6.45) is -0.394. The zero-order chi connectivity index (χ0) is 17.7. The average Bonchev–Trinajstić information content (AvgIpc) is 2.83. The molecule has 24 heavy (non-hydrogen) atoms. The van der Waals surface area contributed by atoms with Crippen molar-refractivity contribution in [1.29, 1.82) is 0 Å². The molecule has 1 aromatic heterocycles. The Morgan fingerprint density at radius 3 is 2.71 bits per heavy atom. The number of rotatable bonds is 7. The van der Waals surface area contributed by atoms with E-state index in [2.05, 4.69) is 10.3 Å². The van der Waals surface area contributed by atoms with Gasteiger partial charge in [0.25, 0.3) is 0 Å². The van der Waals surface area contributed by atoms with E-state index in [1.165, 1.54) is 12.3 Å². The number of nitrogens with one attached hydrogen (secondary N) is 1. The first-order valence-electron chi connectivity index (χ1n) is 7.99. The SMILES string of the molecule is CCCCCC(=O)Nc1ccn([C@@H]2O[C@H](CO)[C@@H](O)[C@@H]2O)c(=O)n1. The van der Waals surface area contributed by atoms with Gasteiger partial charge in [-0.3, -0.25) is 9.36 Å². The molecule has 9 nitrogen and oxygen atoms in total. The number of aromatic nitrogens is 2. The van der Waals surface area contributed by atoms with Gasteiger partial charge < -0.3 is 25.4 Å². The van der Waals surface area contributed by atoms with E-state index < -0.39 is 36.8 Å². The van der Waals surface area contributed by atoms with Crippen molar-refractivity contribution in [3.05, 3.63) is 22.7 Å². The molecule has 0 unspecified atom stereocenters. The normalized spacial score (nSPS) is 26.5.